The molecule has 82 valence electrons. The van der Waals surface area contributed by atoms with E-state index >= 15 is 0 Å². The summed E-state index contributed by atoms with van der Waals surface area (Å²) in [6, 6.07) is 4.82. The van der Waals surface area contributed by atoms with Crippen LogP contribution in [-0.4, -0.2) is 17.1 Å². The third-order valence-electron chi connectivity index (χ3n) is 2.11. The molecule has 1 aromatic heterocycles. The molecule has 1 aromatic carbocycles. The number of aromatic nitrogens is 2. The average molecular weight is 219 g/mol. The number of nitrogens with zero attached hydrogens (tertiary/aromatic N) is 2. The topological polar surface area (TPSA) is 61.0 Å². The van der Waals surface area contributed by atoms with Crippen LogP contribution in [0.2, 0.25) is 0 Å². The molecule has 4 nitrogen and oxygen atoms in total. The molecule has 0 spiro atoms. The minimum Gasteiger partial charge on any atom is -0.494 e. The number of methoxy groups -OCH3 is 1. The zero-order valence-corrected chi connectivity index (χ0v) is 8.64. The van der Waals surface area contributed by atoms with Gasteiger partial charge in [-0.25, -0.2) is 9.37 Å². The molecule has 0 aliphatic carbocycles. The number of hydrogen-bond donors (Lipinski definition) is 1. The summed E-state index contributed by atoms with van der Waals surface area (Å²) in [4.78, 5) is 7.86. The first kappa shape index (κ1) is 10.4. The molecule has 2 rings (SSSR count). The number of benzene rings is 1. The van der Waals surface area contributed by atoms with Crippen LogP contribution in [0.1, 0.15) is 0 Å². The fourth-order valence-electron chi connectivity index (χ4n) is 1.38. The predicted molar refractivity (Wildman–Crippen MR) is 58.4 cm³/mol. The molecule has 0 aliphatic rings. The van der Waals surface area contributed by atoms with Gasteiger partial charge in [-0.3, -0.25) is 4.98 Å². The largest absolute Gasteiger partial charge is 0.494 e. The molecule has 16 heavy (non-hydrogen) atoms. The summed E-state index contributed by atoms with van der Waals surface area (Å²) < 4.78 is 18.7. The van der Waals surface area contributed by atoms with Crippen molar-refractivity contribution >= 4 is 5.82 Å². The predicted octanol–water partition coefficient (Wildman–Crippen LogP) is 1.87. The van der Waals surface area contributed by atoms with E-state index < -0.39 is 5.82 Å². The van der Waals surface area contributed by atoms with Crippen LogP contribution in [0.3, 0.4) is 0 Å². The molecule has 0 unspecified atom stereocenters. The number of ether oxygens (including phenoxy) is 1. The van der Waals surface area contributed by atoms with Crippen LogP contribution in [0, 0.1) is 5.82 Å². The summed E-state index contributed by atoms with van der Waals surface area (Å²) in [5.41, 5.74) is 6.19. The van der Waals surface area contributed by atoms with Gasteiger partial charge in [0, 0.05) is 5.56 Å². The van der Waals surface area contributed by atoms with E-state index in [1.165, 1.54) is 19.5 Å². The van der Waals surface area contributed by atoms with Crippen molar-refractivity contribution in [1.82, 2.24) is 9.97 Å². The molecule has 0 fully saturated rings. The van der Waals surface area contributed by atoms with Gasteiger partial charge in [-0.2, -0.15) is 0 Å². The first-order valence-electron chi connectivity index (χ1n) is 4.63. The maximum Gasteiger partial charge on any atom is 0.174 e. The van der Waals surface area contributed by atoms with Gasteiger partial charge >= 0.3 is 0 Å². The number of rotatable bonds is 2. The molecule has 0 saturated carbocycles. The Bertz CT molecular complexity index is 516. The van der Waals surface area contributed by atoms with Gasteiger partial charge in [0.2, 0.25) is 0 Å². The van der Waals surface area contributed by atoms with Crippen LogP contribution in [0.5, 0.6) is 5.75 Å². The van der Waals surface area contributed by atoms with Crippen molar-refractivity contribution < 1.29 is 9.13 Å². The second-order valence-corrected chi connectivity index (χ2v) is 3.15. The number of nitrogen functional groups attached to an aromatic ring is 1. The first-order chi connectivity index (χ1) is 7.72. The lowest BCUT2D eigenvalue weighted by Gasteiger charge is -2.06. The minimum absolute atomic E-state index is 0.168. The number of halogens is 1. The van der Waals surface area contributed by atoms with Gasteiger partial charge in [-0.15, -0.1) is 0 Å². The lowest BCUT2D eigenvalue weighted by molar-refractivity contribution is 0.387. The van der Waals surface area contributed by atoms with Crippen LogP contribution in [0.4, 0.5) is 10.2 Å². The van der Waals surface area contributed by atoms with Gasteiger partial charge in [-0.05, 0) is 12.1 Å². The monoisotopic (exact) mass is 219 g/mol. The molecule has 1 heterocycles. The zero-order valence-electron chi connectivity index (χ0n) is 8.64. The second-order valence-electron chi connectivity index (χ2n) is 3.15. The first-order valence-corrected chi connectivity index (χ1v) is 4.63. The third kappa shape index (κ3) is 1.79. The van der Waals surface area contributed by atoms with E-state index in [2.05, 4.69) is 9.97 Å². The van der Waals surface area contributed by atoms with Crippen molar-refractivity contribution in [3.8, 4) is 17.0 Å². The molecular weight excluding hydrogens is 209 g/mol. The van der Waals surface area contributed by atoms with Crippen LogP contribution in [0.15, 0.2) is 30.6 Å². The van der Waals surface area contributed by atoms with E-state index in [1.54, 1.807) is 18.2 Å². The fraction of sp³-hybridized carbons (Fsp3) is 0.0909. The summed E-state index contributed by atoms with van der Waals surface area (Å²) in [6.07, 6.45) is 2.86. The lowest BCUT2D eigenvalue weighted by Crippen LogP contribution is -1.96. The van der Waals surface area contributed by atoms with Gasteiger partial charge < -0.3 is 10.5 Å². The van der Waals surface area contributed by atoms with Gasteiger partial charge in [0.1, 0.15) is 5.82 Å². The quantitative estimate of drug-likeness (QED) is 0.837. The molecule has 0 aliphatic heterocycles. The Morgan fingerprint density at radius 1 is 1.31 bits per heavy atom. The molecule has 0 radical (unpaired) electrons. The number of nitrogens with two attached hydrogens (primary N) is 1. The van der Waals surface area contributed by atoms with E-state index in [0.717, 1.165) is 0 Å². The highest BCUT2D eigenvalue weighted by Gasteiger charge is 2.11. The van der Waals surface area contributed by atoms with Crippen LogP contribution in [0.25, 0.3) is 11.3 Å². The molecule has 0 atom stereocenters. The number of hydrogen-bond acceptors (Lipinski definition) is 4. The van der Waals surface area contributed by atoms with E-state index in [0.29, 0.717) is 11.3 Å². The highest BCUT2D eigenvalue weighted by Crippen LogP contribution is 2.27. The maximum absolute atomic E-state index is 13.9. The van der Waals surface area contributed by atoms with E-state index in [-0.39, 0.29) is 11.6 Å². The summed E-state index contributed by atoms with van der Waals surface area (Å²) in [7, 11) is 1.41. The molecule has 0 saturated heterocycles. The fourth-order valence-corrected chi connectivity index (χ4v) is 1.38. The van der Waals surface area contributed by atoms with Crippen molar-refractivity contribution in [2.24, 2.45) is 0 Å². The molecule has 5 heteroatoms. The Balaban J connectivity index is 2.56. The van der Waals surface area contributed by atoms with Crippen LogP contribution in [-0.2, 0) is 0 Å². The second kappa shape index (κ2) is 4.14. The Kier molecular flexibility index (Phi) is 2.68. The standard InChI is InChI=1S/C11H10FN3O/c1-16-9-4-2-3-7(11(9)12)8-5-14-6-10(13)15-8/h2-6H,1H3,(H2,13,15). The smallest absolute Gasteiger partial charge is 0.174 e. The van der Waals surface area contributed by atoms with Crippen LogP contribution >= 0.6 is 0 Å². The Morgan fingerprint density at radius 3 is 2.81 bits per heavy atom. The summed E-state index contributed by atoms with van der Waals surface area (Å²) in [6.45, 7) is 0. The normalized spacial score (nSPS) is 10.1. The van der Waals surface area contributed by atoms with Gasteiger partial charge in [0.25, 0.3) is 0 Å². The highest BCUT2D eigenvalue weighted by atomic mass is 19.1. The molecule has 2 N–H and O–H groups in total. The molecule has 2 aromatic rings. The maximum atomic E-state index is 13.9. The van der Waals surface area contributed by atoms with Gasteiger partial charge in [0.15, 0.2) is 11.6 Å². The van der Waals surface area contributed by atoms with E-state index in [9.17, 15) is 4.39 Å². The van der Waals surface area contributed by atoms with Crippen molar-refractivity contribution in [3.05, 3.63) is 36.4 Å². The van der Waals surface area contributed by atoms with Gasteiger partial charge in [0.05, 0.1) is 25.2 Å². The van der Waals surface area contributed by atoms with Crippen molar-refractivity contribution in [1.29, 1.82) is 0 Å². The molecular formula is C11H10FN3O. The summed E-state index contributed by atoms with van der Waals surface area (Å²) in [5, 5.41) is 0. The van der Waals surface area contributed by atoms with E-state index in [1.807, 2.05) is 0 Å². The molecule has 0 bridgehead atoms. The average Bonchev–Trinajstić information content (AvgIpc) is 2.29. The van der Waals surface area contributed by atoms with Crippen molar-refractivity contribution in [2.75, 3.05) is 12.8 Å². The number of anilines is 1. The third-order valence-corrected chi connectivity index (χ3v) is 2.11. The minimum atomic E-state index is -0.468. The van der Waals surface area contributed by atoms with Crippen LogP contribution < -0.4 is 10.5 Å². The highest BCUT2D eigenvalue weighted by molar-refractivity contribution is 5.62. The lowest BCUT2D eigenvalue weighted by atomic mass is 10.1. The van der Waals surface area contributed by atoms with E-state index in [4.69, 9.17) is 10.5 Å². The Labute approximate surface area is 91.9 Å². The van der Waals surface area contributed by atoms with Crippen molar-refractivity contribution in [2.45, 2.75) is 0 Å². The Hall–Kier alpha value is -2.17. The summed E-state index contributed by atoms with van der Waals surface area (Å²) in [5.74, 6) is -0.0497. The van der Waals surface area contributed by atoms with Gasteiger partial charge in [-0.1, -0.05) is 6.07 Å². The SMILES string of the molecule is COc1cccc(-c2cncc(N)n2)c1F. The Morgan fingerprint density at radius 2 is 2.12 bits per heavy atom. The zero-order chi connectivity index (χ0) is 11.5. The molecule has 0 amide bonds. The van der Waals surface area contributed by atoms with Crippen molar-refractivity contribution in [3.63, 3.8) is 0 Å². The summed E-state index contributed by atoms with van der Waals surface area (Å²) >= 11 is 0.